The van der Waals surface area contributed by atoms with Crippen LogP contribution in [0.3, 0.4) is 0 Å². The van der Waals surface area contributed by atoms with Crippen molar-refractivity contribution < 1.29 is 18.3 Å². The maximum absolute atomic E-state index is 12.0. The lowest BCUT2D eigenvalue weighted by atomic mass is 10.0. The number of sulfonamides is 1. The van der Waals surface area contributed by atoms with Crippen molar-refractivity contribution >= 4 is 16.0 Å². The minimum atomic E-state index is -3.19. The molecule has 1 aromatic carbocycles. The standard InChI is InChI=1S/C19H29NO4S/c1-25(23,24)20(12-7-3-2-4-10-19(21)22)13-11-16-14-17-8-5-6-9-18(17)15-16/h5-6,8-9,16H,2-4,7,10-15H2,1H3,(H,21,22). The second-order valence-corrected chi connectivity index (χ2v) is 9.03. The number of rotatable bonds is 11. The molecule has 0 radical (unpaired) electrons. The van der Waals surface area contributed by atoms with Crippen molar-refractivity contribution in [2.24, 2.45) is 5.92 Å². The molecule has 0 bridgehead atoms. The highest BCUT2D eigenvalue weighted by molar-refractivity contribution is 7.88. The lowest BCUT2D eigenvalue weighted by Crippen LogP contribution is -2.33. The van der Waals surface area contributed by atoms with Gasteiger partial charge in [-0.15, -0.1) is 0 Å². The molecule has 0 spiro atoms. The van der Waals surface area contributed by atoms with Crippen LogP contribution in [0.15, 0.2) is 24.3 Å². The van der Waals surface area contributed by atoms with Crippen LogP contribution in [0.2, 0.25) is 0 Å². The number of carbonyl (C=O) groups is 1. The van der Waals surface area contributed by atoms with Gasteiger partial charge >= 0.3 is 5.97 Å². The number of fused-ring (bicyclic) bond motifs is 1. The Morgan fingerprint density at radius 2 is 1.68 bits per heavy atom. The van der Waals surface area contributed by atoms with Crippen molar-refractivity contribution in [3.63, 3.8) is 0 Å². The Bertz CT molecular complexity index is 647. The average Bonchev–Trinajstić information content (AvgIpc) is 2.94. The summed E-state index contributed by atoms with van der Waals surface area (Å²) in [5.74, 6) is -0.243. The zero-order chi connectivity index (χ0) is 18.3. The van der Waals surface area contributed by atoms with Gasteiger partial charge in [0.1, 0.15) is 0 Å². The van der Waals surface area contributed by atoms with Gasteiger partial charge in [-0.3, -0.25) is 4.79 Å². The summed E-state index contributed by atoms with van der Waals surface area (Å²) in [7, 11) is -3.19. The molecular formula is C19H29NO4S. The first-order valence-electron chi connectivity index (χ1n) is 9.10. The van der Waals surface area contributed by atoms with Crippen LogP contribution in [0.4, 0.5) is 0 Å². The van der Waals surface area contributed by atoms with Crippen LogP contribution in [-0.2, 0) is 27.7 Å². The van der Waals surface area contributed by atoms with Crippen molar-refractivity contribution in [3.8, 4) is 0 Å². The van der Waals surface area contributed by atoms with Crippen molar-refractivity contribution in [3.05, 3.63) is 35.4 Å². The number of benzene rings is 1. The summed E-state index contributed by atoms with van der Waals surface area (Å²) >= 11 is 0. The Balaban J connectivity index is 1.73. The van der Waals surface area contributed by atoms with E-state index in [1.165, 1.54) is 17.4 Å². The molecule has 0 fully saturated rings. The molecule has 0 aliphatic heterocycles. The first kappa shape index (κ1) is 19.9. The highest BCUT2D eigenvalue weighted by Crippen LogP contribution is 2.28. The molecule has 0 aromatic heterocycles. The van der Waals surface area contributed by atoms with Crippen LogP contribution in [0, 0.1) is 5.92 Å². The molecule has 1 aliphatic rings. The van der Waals surface area contributed by atoms with E-state index in [0.717, 1.165) is 38.5 Å². The van der Waals surface area contributed by atoms with Crippen molar-refractivity contribution in [2.45, 2.75) is 51.4 Å². The molecule has 0 saturated heterocycles. The van der Waals surface area contributed by atoms with E-state index in [-0.39, 0.29) is 6.42 Å². The molecule has 0 unspecified atom stereocenters. The quantitative estimate of drug-likeness (QED) is 0.610. The summed E-state index contributed by atoms with van der Waals surface area (Å²) in [6.07, 6.45) is 7.60. The molecule has 0 amide bonds. The van der Waals surface area contributed by atoms with E-state index in [2.05, 4.69) is 24.3 Å². The van der Waals surface area contributed by atoms with Crippen LogP contribution < -0.4 is 0 Å². The van der Waals surface area contributed by atoms with E-state index in [1.807, 2.05) is 0 Å². The third-order valence-corrected chi connectivity index (χ3v) is 6.24. The number of hydrogen-bond acceptors (Lipinski definition) is 3. The fourth-order valence-electron chi connectivity index (χ4n) is 3.54. The molecule has 1 N–H and O–H groups in total. The van der Waals surface area contributed by atoms with Crippen LogP contribution in [-0.4, -0.2) is 43.1 Å². The number of hydrogen-bond donors (Lipinski definition) is 1. The number of carboxylic acid groups (broad SMARTS) is 1. The number of nitrogens with zero attached hydrogens (tertiary/aromatic N) is 1. The zero-order valence-electron chi connectivity index (χ0n) is 15.0. The smallest absolute Gasteiger partial charge is 0.303 e. The third-order valence-electron chi connectivity index (χ3n) is 4.94. The predicted molar refractivity (Wildman–Crippen MR) is 99.1 cm³/mol. The van der Waals surface area contributed by atoms with E-state index >= 15 is 0 Å². The Morgan fingerprint density at radius 3 is 2.24 bits per heavy atom. The van der Waals surface area contributed by atoms with Gasteiger partial charge in [-0.25, -0.2) is 12.7 Å². The van der Waals surface area contributed by atoms with Crippen molar-refractivity contribution in [1.82, 2.24) is 4.31 Å². The maximum Gasteiger partial charge on any atom is 0.303 e. The highest BCUT2D eigenvalue weighted by atomic mass is 32.2. The molecule has 6 heteroatoms. The monoisotopic (exact) mass is 367 g/mol. The van der Waals surface area contributed by atoms with Gasteiger partial charge in [-0.05, 0) is 49.1 Å². The molecule has 2 rings (SSSR count). The molecular weight excluding hydrogens is 338 g/mol. The van der Waals surface area contributed by atoms with Gasteiger partial charge < -0.3 is 5.11 Å². The van der Waals surface area contributed by atoms with Crippen LogP contribution >= 0.6 is 0 Å². The summed E-state index contributed by atoms with van der Waals surface area (Å²) in [4.78, 5) is 10.5. The Hall–Kier alpha value is -1.40. The Morgan fingerprint density at radius 1 is 1.08 bits per heavy atom. The molecule has 0 atom stereocenters. The van der Waals surface area contributed by atoms with Gasteiger partial charge in [-0.2, -0.15) is 0 Å². The van der Waals surface area contributed by atoms with E-state index in [9.17, 15) is 13.2 Å². The second-order valence-electron chi connectivity index (χ2n) is 7.05. The number of aliphatic carboxylic acids is 1. The highest BCUT2D eigenvalue weighted by Gasteiger charge is 2.23. The topological polar surface area (TPSA) is 74.7 Å². The lowest BCUT2D eigenvalue weighted by Gasteiger charge is -2.21. The molecule has 25 heavy (non-hydrogen) atoms. The van der Waals surface area contributed by atoms with Gasteiger partial charge in [0.25, 0.3) is 0 Å². The average molecular weight is 368 g/mol. The minimum absolute atomic E-state index is 0.192. The van der Waals surface area contributed by atoms with E-state index in [0.29, 0.717) is 25.4 Å². The molecule has 0 saturated carbocycles. The maximum atomic E-state index is 12.0. The molecule has 1 aromatic rings. The predicted octanol–water partition coefficient (Wildman–Crippen LogP) is 3.09. The summed E-state index contributed by atoms with van der Waals surface area (Å²) < 4.78 is 25.6. The SMILES string of the molecule is CS(=O)(=O)N(CCCCCCC(=O)O)CCC1Cc2ccccc2C1. The molecule has 0 heterocycles. The van der Waals surface area contributed by atoms with Gasteiger partial charge in [0.2, 0.25) is 10.0 Å². The van der Waals surface area contributed by atoms with Crippen LogP contribution in [0.5, 0.6) is 0 Å². The normalized spacial score (nSPS) is 14.8. The summed E-state index contributed by atoms with van der Waals surface area (Å²) in [5.41, 5.74) is 2.80. The van der Waals surface area contributed by atoms with E-state index in [1.54, 1.807) is 4.31 Å². The third kappa shape index (κ3) is 6.78. The summed E-state index contributed by atoms with van der Waals surface area (Å²) in [5, 5.41) is 8.62. The van der Waals surface area contributed by atoms with Gasteiger partial charge in [-0.1, -0.05) is 37.1 Å². The van der Waals surface area contributed by atoms with Gasteiger partial charge in [0.05, 0.1) is 6.26 Å². The van der Waals surface area contributed by atoms with Crippen LogP contribution in [0.25, 0.3) is 0 Å². The Labute approximate surface area is 151 Å². The molecule has 140 valence electrons. The van der Waals surface area contributed by atoms with E-state index < -0.39 is 16.0 Å². The number of unbranched alkanes of at least 4 members (excludes halogenated alkanes) is 3. The van der Waals surface area contributed by atoms with E-state index in [4.69, 9.17) is 5.11 Å². The summed E-state index contributed by atoms with van der Waals surface area (Å²) in [6, 6.07) is 8.46. The summed E-state index contributed by atoms with van der Waals surface area (Å²) in [6.45, 7) is 1.11. The fraction of sp³-hybridized carbons (Fsp3) is 0.632. The first-order valence-corrected chi connectivity index (χ1v) is 10.9. The van der Waals surface area contributed by atoms with Gasteiger partial charge in [0.15, 0.2) is 0 Å². The molecule has 1 aliphatic carbocycles. The zero-order valence-corrected chi connectivity index (χ0v) is 15.8. The van der Waals surface area contributed by atoms with Crippen molar-refractivity contribution in [2.75, 3.05) is 19.3 Å². The second kappa shape index (κ2) is 9.34. The van der Waals surface area contributed by atoms with Crippen molar-refractivity contribution in [1.29, 1.82) is 0 Å². The van der Waals surface area contributed by atoms with Gasteiger partial charge in [0, 0.05) is 19.5 Å². The largest absolute Gasteiger partial charge is 0.481 e. The Kier molecular flexibility index (Phi) is 7.44. The van der Waals surface area contributed by atoms with Crippen LogP contribution in [0.1, 0.15) is 49.7 Å². The molecule has 5 nitrogen and oxygen atoms in total. The fourth-order valence-corrected chi connectivity index (χ4v) is 4.44. The lowest BCUT2D eigenvalue weighted by molar-refractivity contribution is -0.137. The number of carboxylic acids is 1. The first-order chi connectivity index (χ1) is 11.9. The minimum Gasteiger partial charge on any atom is -0.481 e.